The summed E-state index contributed by atoms with van der Waals surface area (Å²) in [5.41, 5.74) is 0.836. The van der Waals surface area contributed by atoms with Crippen molar-refractivity contribution in [3.05, 3.63) is 70.2 Å². The maximum Gasteiger partial charge on any atom is 0.222 e. The zero-order valence-corrected chi connectivity index (χ0v) is 11.8. The summed E-state index contributed by atoms with van der Waals surface area (Å²) in [5.74, 6) is -1.26. The Hall–Kier alpha value is -1.94. The van der Waals surface area contributed by atoms with E-state index in [1.165, 1.54) is 18.2 Å². The maximum absolute atomic E-state index is 13.7. The summed E-state index contributed by atoms with van der Waals surface area (Å²) >= 11 is 5.85. The molecule has 1 heterocycles. The Balaban J connectivity index is 1.82. The molecule has 0 N–H and O–H groups in total. The van der Waals surface area contributed by atoms with Gasteiger partial charge in [-0.1, -0.05) is 29.8 Å². The monoisotopic (exact) mass is 307 g/mol. The molecule has 0 amide bonds. The number of rotatable bonds is 2. The van der Waals surface area contributed by atoms with Gasteiger partial charge in [-0.25, -0.2) is 8.78 Å². The highest BCUT2D eigenvalue weighted by atomic mass is 35.5. The lowest BCUT2D eigenvalue weighted by molar-refractivity contribution is 0.257. The van der Waals surface area contributed by atoms with Crippen LogP contribution in [0.25, 0.3) is 0 Å². The standard InChI is InChI=1S/C16H12ClF2NO/c17-12-6-4-10(5-7-12)11-8-20-16(21-9-11)15-13(18)2-1-3-14(15)19/h1-7,11H,8-9H2. The predicted molar refractivity (Wildman–Crippen MR) is 77.9 cm³/mol. The Morgan fingerprint density at radius 2 is 1.71 bits per heavy atom. The Morgan fingerprint density at radius 1 is 1.05 bits per heavy atom. The average molecular weight is 308 g/mol. The molecular weight excluding hydrogens is 296 g/mol. The van der Waals surface area contributed by atoms with Crippen molar-refractivity contribution in [2.24, 2.45) is 4.99 Å². The summed E-state index contributed by atoms with van der Waals surface area (Å²) in [4.78, 5) is 4.18. The van der Waals surface area contributed by atoms with Crippen LogP contribution < -0.4 is 0 Å². The maximum atomic E-state index is 13.7. The van der Waals surface area contributed by atoms with Crippen LogP contribution in [-0.4, -0.2) is 19.0 Å². The zero-order chi connectivity index (χ0) is 14.8. The number of hydrogen-bond donors (Lipinski definition) is 0. The summed E-state index contributed by atoms with van der Waals surface area (Å²) in [6.07, 6.45) is 0. The molecule has 1 unspecified atom stereocenters. The summed E-state index contributed by atoms with van der Waals surface area (Å²) in [5, 5.41) is 0.660. The third-order valence-corrected chi connectivity index (χ3v) is 3.65. The van der Waals surface area contributed by atoms with Gasteiger partial charge in [-0.2, -0.15) is 0 Å². The summed E-state index contributed by atoms with van der Waals surface area (Å²) in [7, 11) is 0. The first-order valence-corrected chi connectivity index (χ1v) is 6.90. The molecule has 2 aromatic rings. The van der Waals surface area contributed by atoms with Gasteiger partial charge in [-0.3, -0.25) is 4.99 Å². The molecule has 2 aromatic carbocycles. The van der Waals surface area contributed by atoms with E-state index in [-0.39, 0.29) is 17.4 Å². The first-order chi connectivity index (χ1) is 10.1. The largest absolute Gasteiger partial charge is 0.477 e. The second kappa shape index (κ2) is 5.82. The lowest BCUT2D eigenvalue weighted by Crippen LogP contribution is -2.24. The molecule has 0 saturated heterocycles. The van der Waals surface area contributed by atoms with Gasteiger partial charge >= 0.3 is 0 Å². The molecule has 0 radical (unpaired) electrons. The van der Waals surface area contributed by atoms with E-state index >= 15 is 0 Å². The number of nitrogens with zero attached hydrogens (tertiary/aromatic N) is 1. The van der Waals surface area contributed by atoms with Gasteiger partial charge in [0.1, 0.15) is 17.2 Å². The average Bonchev–Trinajstić information content (AvgIpc) is 2.49. The van der Waals surface area contributed by atoms with Crippen molar-refractivity contribution in [1.82, 2.24) is 0 Å². The van der Waals surface area contributed by atoms with Crippen molar-refractivity contribution < 1.29 is 13.5 Å². The van der Waals surface area contributed by atoms with Gasteiger partial charge in [0.15, 0.2) is 0 Å². The van der Waals surface area contributed by atoms with Crippen LogP contribution in [0.15, 0.2) is 47.5 Å². The molecular formula is C16H12ClF2NO. The normalized spacial score (nSPS) is 18.0. The van der Waals surface area contributed by atoms with Crippen molar-refractivity contribution in [2.75, 3.05) is 13.2 Å². The van der Waals surface area contributed by atoms with Crippen LogP contribution in [0.1, 0.15) is 17.0 Å². The van der Waals surface area contributed by atoms with Crippen LogP contribution in [0.5, 0.6) is 0 Å². The second-order valence-electron chi connectivity index (χ2n) is 4.80. The van der Waals surface area contributed by atoms with Crippen LogP contribution in [0.4, 0.5) is 8.78 Å². The molecule has 0 saturated carbocycles. The van der Waals surface area contributed by atoms with Crippen molar-refractivity contribution in [1.29, 1.82) is 0 Å². The minimum absolute atomic E-state index is 0.0239. The molecule has 1 aliphatic rings. The van der Waals surface area contributed by atoms with Gasteiger partial charge in [0.05, 0.1) is 13.2 Å². The Kier molecular flexibility index (Phi) is 3.88. The van der Waals surface area contributed by atoms with Crippen LogP contribution in [0.3, 0.4) is 0 Å². The summed E-state index contributed by atoms with van der Waals surface area (Å²) in [6.45, 7) is 0.749. The number of aliphatic imine (C=N–C) groups is 1. The van der Waals surface area contributed by atoms with Gasteiger partial charge < -0.3 is 4.74 Å². The van der Waals surface area contributed by atoms with Gasteiger partial charge in [-0.05, 0) is 29.8 Å². The molecule has 0 aromatic heterocycles. The van der Waals surface area contributed by atoms with Crippen LogP contribution in [-0.2, 0) is 4.74 Å². The number of benzene rings is 2. The quantitative estimate of drug-likeness (QED) is 0.815. The van der Waals surface area contributed by atoms with Crippen molar-refractivity contribution in [2.45, 2.75) is 5.92 Å². The molecule has 0 fully saturated rings. The molecule has 108 valence electrons. The minimum Gasteiger partial charge on any atom is -0.477 e. The third kappa shape index (κ3) is 2.90. The molecule has 3 rings (SSSR count). The molecule has 0 aliphatic carbocycles. The van der Waals surface area contributed by atoms with E-state index < -0.39 is 11.6 Å². The summed E-state index contributed by atoms with van der Waals surface area (Å²) in [6, 6.07) is 11.1. The zero-order valence-electron chi connectivity index (χ0n) is 11.0. The molecule has 21 heavy (non-hydrogen) atoms. The fourth-order valence-corrected chi connectivity index (χ4v) is 2.39. The van der Waals surface area contributed by atoms with E-state index in [1.54, 1.807) is 12.1 Å². The predicted octanol–water partition coefficient (Wildman–Crippen LogP) is 4.18. The van der Waals surface area contributed by atoms with E-state index in [9.17, 15) is 8.78 Å². The van der Waals surface area contributed by atoms with Gasteiger partial charge in [0.25, 0.3) is 0 Å². The van der Waals surface area contributed by atoms with E-state index in [1.807, 2.05) is 12.1 Å². The van der Waals surface area contributed by atoms with E-state index in [0.717, 1.165) is 5.56 Å². The van der Waals surface area contributed by atoms with Gasteiger partial charge in [0, 0.05) is 10.9 Å². The summed E-state index contributed by atoms with van der Waals surface area (Å²) < 4.78 is 32.8. The highest BCUT2D eigenvalue weighted by Gasteiger charge is 2.23. The van der Waals surface area contributed by atoms with Gasteiger partial charge in [-0.15, -0.1) is 0 Å². The molecule has 1 aliphatic heterocycles. The first kappa shape index (κ1) is 14.0. The Morgan fingerprint density at radius 3 is 2.29 bits per heavy atom. The molecule has 0 bridgehead atoms. The minimum atomic E-state index is -0.668. The fourth-order valence-electron chi connectivity index (χ4n) is 2.26. The molecule has 0 spiro atoms. The first-order valence-electron chi connectivity index (χ1n) is 6.52. The Bertz CT molecular complexity index is 665. The Labute approximate surface area is 126 Å². The van der Waals surface area contributed by atoms with E-state index in [2.05, 4.69) is 4.99 Å². The SMILES string of the molecule is Fc1cccc(F)c1C1=NCC(c2ccc(Cl)cc2)CO1. The number of halogens is 3. The smallest absolute Gasteiger partial charge is 0.222 e. The van der Waals surface area contributed by atoms with E-state index in [4.69, 9.17) is 16.3 Å². The van der Waals surface area contributed by atoms with Crippen LogP contribution in [0.2, 0.25) is 5.02 Å². The van der Waals surface area contributed by atoms with E-state index in [0.29, 0.717) is 18.2 Å². The fraction of sp³-hybridized carbons (Fsp3) is 0.188. The highest BCUT2D eigenvalue weighted by molar-refractivity contribution is 6.30. The third-order valence-electron chi connectivity index (χ3n) is 3.39. The molecule has 2 nitrogen and oxygen atoms in total. The van der Waals surface area contributed by atoms with Gasteiger partial charge in [0.2, 0.25) is 5.90 Å². The number of ether oxygens (including phenoxy) is 1. The van der Waals surface area contributed by atoms with Crippen molar-refractivity contribution in [3.8, 4) is 0 Å². The number of hydrogen-bond acceptors (Lipinski definition) is 2. The van der Waals surface area contributed by atoms with Crippen LogP contribution in [0, 0.1) is 11.6 Å². The van der Waals surface area contributed by atoms with Crippen LogP contribution >= 0.6 is 11.6 Å². The van der Waals surface area contributed by atoms with Crippen molar-refractivity contribution in [3.63, 3.8) is 0 Å². The van der Waals surface area contributed by atoms with Crippen molar-refractivity contribution >= 4 is 17.5 Å². The lowest BCUT2D eigenvalue weighted by atomic mass is 9.99. The second-order valence-corrected chi connectivity index (χ2v) is 5.24. The molecule has 1 atom stereocenters. The molecule has 5 heteroatoms. The highest BCUT2D eigenvalue weighted by Crippen LogP contribution is 2.24. The lowest BCUT2D eigenvalue weighted by Gasteiger charge is -2.23. The topological polar surface area (TPSA) is 21.6 Å².